The van der Waals surface area contributed by atoms with Gasteiger partial charge in [0.25, 0.3) is 0 Å². The molecule has 86 valence electrons. The van der Waals surface area contributed by atoms with Crippen LogP contribution < -0.4 is 10.5 Å². The molecule has 0 saturated heterocycles. The molecular weight excluding hydrogens is 206 g/mol. The summed E-state index contributed by atoms with van der Waals surface area (Å²) >= 11 is 0. The van der Waals surface area contributed by atoms with Gasteiger partial charge in [-0.3, -0.25) is 0 Å². The number of likely N-dealkylation sites (N-methyl/N-ethyl adjacent to an activating group) is 1. The predicted octanol–water partition coefficient (Wildman–Crippen LogP) is 0.252. The van der Waals surface area contributed by atoms with Crippen molar-refractivity contribution in [1.29, 1.82) is 0 Å². The Labute approximate surface area is 93.6 Å². The van der Waals surface area contributed by atoms with Crippen LogP contribution in [-0.2, 0) is 0 Å². The Morgan fingerprint density at radius 3 is 3.06 bits per heavy atom. The SMILES string of the molecule is CN(C)CCOc1ccn2nc(N)nc2c1. The van der Waals surface area contributed by atoms with Gasteiger partial charge in [-0.2, -0.15) is 4.98 Å². The van der Waals surface area contributed by atoms with Crippen LogP contribution in [0.5, 0.6) is 5.75 Å². The number of nitrogens with two attached hydrogens (primary N) is 1. The average molecular weight is 221 g/mol. The Balaban J connectivity index is 2.07. The Morgan fingerprint density at radius 2 is 2.31 bits per heavy atom. The van der Waals surface area contributed by atoms with E-state index in [4.69, 9.17) is 10.5 Å². The predicted molar refractivity (Wildman–Crippen MR) is 61.4 cm³/mol. The summed E-state index contributed by atoms with van der Waals surface area (Å²) in [5, 5.41) is 3.98. The molecule has 16 heavy (non-hydrogen) atoms. The molecule has 6 nitrogen and oxygen atoms in total. The fraction of sp³-hybridized carbons (Fsp3) is 0.400. The third-order valence-corrected chi connectivity index (χ3v) is 2.13. The van der Waals surface area contributed by atoms with Gasteiger partial charge in [0.05, 0.1) is 0 Å². The molecule has 0 fully saturated rings. The number of fused-ring (bicyclic) bond motifs is 1. The van der Waals surface area contributed by atoms with E-state index in [1.807, 2.05) is 26.2 Å². The lowest BCUT2D eigenvalue weighted by atomic mass is 10.4. The molecule has 2 N–H and O–H groups in total. The smallest absolute Gasteiger partial charge is 0.240 e. The summed E-state index contributed by atoms with van der Waals surface area (Å²) < 4.78 is 7.19. The van der Waals surface area contributed by atoms with E-state index >= 15 is 0 Å². The van der Waals surface area contributed by atoms with Crippen LogP contribution in [0.4, 0.5) is 5.95 Å². The number of ether oxygens (including phenoxy) is 1. The van der Waals surface area contributed by atoms with Crippen molar-refractivity contribution < 1.29 is 4.74 Å². The standard InChI is InChI=1S/C10H15N5O/c1-14(2)5-6-16-8-3-4-15-9(7-8)12-10(11)13-15/h3-4,7H,5-6H2,1-2H3,(H2,11,13). The fourth-order valence-corrected chi connectivity index (χ4v) is 1.32. The molecule has 2 aromatic rings. The quantitative estimate of drug-likeness (QED) is 0.801. The van der Waals surface area contributed by atoms with Crippen LogP contribution in [0, 0.1) is 0 Å². The molecule has 0 aliphatic rings. The highest BCUT2D eigenvalue weighted by Crippen LogP contribution is 2.13. The number of hydrogen-bond donors (Lipinski definition) is 1. The highest BCUT2D eigenvalue weighted by molar-refractivity contribution is 5.46. The maximum absolute atomic E-state index is 5.57. The number of nitrogens with zero attached hydrogens (tertiary/aromatic N) is 4. The minimum absolute atomic E-state index is 0.269. The molecule has 0 radical (unpaired) electrons. The number of rotatable bonds is 4. The number of hydrogen-bond acceptors (Lipinski definition) is 5. The Hall–Kier alpha value is -1.82. The van der Waals surface area contributed by atoms with E-state index in [1.54, 1.807) is 10.7 Å². The van der Waals surface area contributed by atoms with Crippen LogP contribution in [0.3, 0.4) is 0 Å². The molecule has 0 bridgehead atoms. The van der Waals surface area contributed by atoms with Crippen LogP contribution in [0.1, 0.15) is 0 Å². The van der Waals surface area contributed by atoms with E-state index < -0.39 is 0 Å². The second-order valence-electron chi connectivity index (χ2n) is 3.79. The van der Waals surface area contributed by atoms with Gasteiger partial charge in [0, 0.05) is 18.8 Å². The van der Waals surface area contributed by atoms with Gasteiger partial charge in [-0.25, -0.2) is 4.52 Å². The lowest BCUT2D eigenvalue weighted by Crippen LogP contribution is -2.19. The Kier molecular flexibility index (Phi) is 2.91. The minimum Gasteiger partial charge on any atom is -0.492 e. The van der Waals surface area contributed by atoms with Gasteiger partial charge >= 0.3 is 0 Å². The molecule has 0 aromatic carbocycles. The number of pyridine rings is 1. The highest BCUT2D eigenvalue weighted by Gasteiger charge is 2.01. The average Bonchev–Trinajstić information content (AvgIpc) is 2.56. The molecule has 0 atom stereocenters. The molecule has 0 amide bonds. The minimum atomic E-state index is 0.269. The van der Waals surface area contributed by atoms with Crippen molar-refractivity contribution in [1.82, 2.24) is 19.5 Å². The van der Waals surface area contributed by atoms with Crippen molar-refractivity contribution in [2.45, 2.75) is 0 Å². The van der Waals surface area contributed by atoms with Crippen LogP contribution in [-0.4, -0.2) is 46.7 Å². The summed E-state index contributed by atoms with van der Waals surface area (Å²) in [6.45, 7) is 1.52. The van der Waals surface area contributed by atoms with Crippen molar-refractivity contribution in [2.75, 3.05) is 33.0 Å². The molecule has 0 saturated carbocycles. The summed E-state index contributed by atoms with van der Waals surface area (Å²) in [4.78, 5) is 6.12. The molecule has 0 aliphatic carbocycles. The van der Waals surface area contributed by atoms with E-state index in [1.165, 1.54) is 0 Å². The first-order valence-corrected chi connectivity index (χ1v) is 5.04. The summed E-state index contributed by atoms with van der Waals surface area (Å²) in [6.07, 6.45) is 1.78. The zero-order valence-corrected chi connectivity index (χ0v) is 9.42. The van der Waals surface area contributed by atoms with Gasteiger partial charge < -0.3 is 15.4 Å². The molecule has 0 spiro atoms. The van der Waals surface area contributed by atoms with E-state index in [0.717, 1.165) is 12.3 Å². The van der Waals surface area contributed by atoms with Crippen LogP contribution >= 0.6 is 0 Å². The maximum atomic E-state index is 5.57. The molecule has 2 rings (SSSR count). The lowest BCUT2D eigenvalue weighted by molar-refractivity contribution is 0.261. The summed E-state index contributed by atoms with van der Waals surface area (Å²) in [6, 6.07) is 3.66. The van der Waals surface area contributed by atoms with E-state index in [-0.39, 0.29) is 5.95 Å². The molecule has 0 unspecified atom stereocenters. The maximum Gasteiger partial charge on any atom is 0.240 e. The van der Waals surface area contributed by atoms with E-state index in [0.29, 0.717) is 12.3 Å². The molecule has 2 heterocycles. The topological polar surface area (TPSA) is 68.7 Å². The third-order valence-electron chi connectivity index (χ3n) is 2.13. The van der Waals surface area contributed by atoms with Gasteiger partial charge in [0.2, 0.25) is 5.95 Å². The highest BCUT2D eigenvalue weighted by atomic mass is 16.5. The van der Waals surface area contributed by atoms with Crippen molar-refractivity contribution in [3.63, 3.8) is 0 Å². The van der Waals surface area contributed by atoms with Crippen LogP contribution in [0.2, 0.25) is 0 Å². The zero-order valence-electron chi connectivity index (χ0n) is 9.42. The number of aromatic nitrogens is 3. The lowest BCUT2D eigenvalue weighted by Gasteiger charge is -2.10. The van der Waals surface area contributed by atoms with E-state index in [9.17, 15) is 0 Å². The summed E-state index contributed by atoms with van der Waals surface area (Å²) in [7, 11) is 4.01. The first-order chi connectivity index (χ1) is 7.65. The zero-order chi connectivity index (χ0) is 11.5. The van der Waals surface area contributed by atoms with Gasteiger partial charge in [-0.1, -0.05) is 0 Å². The number of nitrogen functional groups attached to an aromatic ring is 1. The largest absolute Gasteiger partial charge is 0.492 e. The van der Waals surface area contributed by atoms with Gasteiger partial charge in [0.15, 0.2) is 5.65 Å². The summed E-state index contributed by atoms with van der Waals surface area (Å²) in [5.74, 6) is 1.05. The van der Waals surface area contributed by atoms with Crippen LogP contribution in [0.15, 0.2) is 18.3 Å². The van der Waals surface area contributed by atoms with Crippen molar-refractivity contribution in [2.24, 2.45) is 0 Å². The van der Waals surface area contributed by atoms with Crippen molar-refractivity contribution in [3.8, 4) is 5.75 Å². The van der Waals surface area contributed by atoms with Gasteiger partial charge in [-0.15, -0.1) is 5.10 Å². The van der Waals surface area contributed by atoms with Crippen molar-refractivity contribution in [3.05, 3.63) is 18.3 Å². The van der Waals surface area contributed by atoms with Gasteiger partial charge in [-0.05, 0) is 20.2 Å². The fourth-order valence-electron chi connectivity index (χ4n) is 1.32. The molecular formula is C10H15N5O. The first-order valence-electron chi connectivity index (χ1n) is 5.04. The van der Waals surface area contributed by atoms with E-state index in [2.05, 4.69) is 15.0 Å². The summed E-state index contributed by atoms with van der Waals surface area (Å²) in [5.41, 5.74) is 6.18. The first kappa shape index (κ1) is 10.7. The van der Waals surface area contributed by atoms with Crippen LogP contribution in [0.25, 0.3) is 5.65 Å². The van der Waals surface area contributed by atoms with Gasteiger partial charge in [0.1, 0.15) is 12.4 Å². The second kappa shape index (κ2) is 4.36. The Morgan fingerprint density at radius 1 is 1.50 bits per heavy atom. The molecule has 0 aliphatic heterocycles. The second-order valence-corrected chi connectivity index (χ2v) is 3.79. The number of anilines is 1. The molecule has 2 aromatic heterocycles. The normalized spacial score (nSPS) is 11.2. The molecule has 6 heteroatoms. The third kappa shape index (κ3) is 2.40. The monoisotopic (exact) mass is 221 g/mol. The Bertz CT molecular complexity index is 479. The van der Waals surface area contributed by atoms with Crippen molar-refractivity contribution >= 4 is 11.6 Å².